The van der Waals surface area contributed by atoms with Gasteiger partial charge >= 0.3 is 6.18 Å². The second-order valence-corrected chi connectivity index (χ2v) is 1.92. The molecular weight excluding hydrogens is 219 g/mol. The van der Waals surface area contributed by atoms with Gasteiger partial charge in [0.15, 0.2) is 0 Å². The molecule has 0 aliphatic heterocycles. The molecule has 1 aromatic rings. The van der Waals surface area contributed by atoms with Crippen LogP contribution in [0.4, 0.5) is 17.6 Å². The third-order valence-corrected chi connectivity index (χ3v) is 1.07. The van der Waals surface area contributed by atoms with Crippen LogP contribution in [-0.4, -0.2) is 0 Å². The van der Waals surface area contributed by atoms with Gasteiger partial charge in [0.25, 0.3) is 0 Å². The molecule has 0 nitrogen and oxygen atoms in total. The molecule has 69 valence electrons. The Balaban J connectivity index is 0.00000121. The predicted molar refractivity (Wildman–Crippen MR) is 30.2 cm³/mol. The second-order valence-electron chi connectivity index (χ2n) is 1.92. The molecule has 0 aromatic heterocycles. The summed E-state index contributed by atoms with van der Waals surface area (Å²) in [7, 11) is 0. The van der Waals surface area contributed by atoms with Crippen molar-refractivity contribution in [1.29, 1.82) is 0 Å². The van der Waals surface area contributed by atoms with Crippen molar-refractivity contribution in [3.8, 4) is 0 Å². The van der Waals surface area contributed by atoms with Crippen LogP contribution in [0.1, 0.15) is 5.56 Å². The summed E-state index contributed by atoms with van der Waals surface area (Å²) >= 11 is 0. The molecule has 0 spiro atoms. The van der Waals surface area contributed by atoms with Crippen molar-refractivity contribution >= 4 is 0 Å². The van der Waals surface area contributed by atoms with E-state index in [-0.39, 0.29) is 16.8 Å². The largest absolute Gasteiger partial charge is 0.394 e. The van der Waals surface area contributed by atoms with E-state index in [9.17, 15) is 17.6 Å². The third kappa shape index (κ3) is 2.82. The average molecular weight is 222 g/mol. The van der Waals surface area contributed by atoms with Crippen LogP contribution in [0.15, 0.2) is 18.2 Å². The fourth-order valence-corrected chi connectivity index (χ4v) is 0.602. The van der Waals surface area contributed by atoms with E-state index in [4.69, 9.17) is 0 Å². The van der Waals surface area contributed by atoms with Gasteiger partial charge in [-0.05, 0) is 0 Å². The Kier molecular flexibility index (Phi) is 3.73. The Hall–Kier alpha value is -0.554. The molecule has 0 unspecified atom stereocenters. The van der Waals surface area contributed by atoms with E-state index < -0.39 is 17.6 Å². The topological polar surface area (TPSA) is 0 Å². The first-order valence-corrected chi connectivity index (χ1v) is 2.74. The Morgan fingerprint density at radius 2 is 1.83 bits per heavy atom. The number of halogens is 4. The van der Waals surface area contributed by atoms with Crippen LogP contribution in [0.3, 0.4) is 0 Å². The van der Waals surface area contributed by atoms with Gasteiger partial charge in [-0.3, -0.25) is 0 Å². The van der Waals surface area contributed by atoms with Crippen molar-refractivity contribution in [2.75, 3.05) is 0 Å². The summed E-state index contributed by atoms with van der Waals surface area (Å²) < 4.78 is 47.5. The molecule has 0 aliphatic rings. The van der Waals surface area contributed by atoms with Crippen LogP contribution in [0.5, 0.6) is 0 Å². The number of alkyl halides is 3. The number of benzene rings is 1. The quantitative estimate of drug-likeness (QED) is 0.467. The Morgan fingerprint density at radius 1 is 1.25 bits per heavy atom. The summed E-state index contributed by atoms with van der Waals surface area (Å²) in [5, 5.41) is 0. The van der Waals surface area contributed by atoms with E-state index in [2.05, 4.69) is 0 Å². The first kappa shape index (κ1) is 11.4. The minimum atomic E-state index is -4.51. The van der Waals surface area contributed by atoms with Crippen LogP contribution in [0, 0.1) is 11.9 Å². The van der Waals surface area contributed by atoms with E-state index in [1.807, 2.05) is 6.07 Å². The smallest absolute Gasteiger partial charge is 0.236 e. The standard InChI is InChI=1S/C7H3F4.Co/c8-6-3-1-2-5(4-6)7(9,10)11;/h1,3-4H;/q-1;. The van der Waals surface area contributed by atoms with E-state index in [0.29, 0.717) is 6.07 Å². The van der Waals surface area contributed by atoms with Gasteiger partial charge in [0, 0.05) is 22.6 Å². The van der Waals surface area contributed by atoms with Crippen LogP contribution >= 0.6 is 0 Å². The van der Waals surface area contributed by atoms with E-state index in [0.717, 1.165) is 12.1 Å². The third-order valence-electron chi connectivity index (χ3n) is 1.07. The molecule has 0 saturated carbocycles. The number of hydrogen-bond donors (Lipinski definition) is 0. The van der Waals surface area contributed by atoms with Crippen LogP contribution in [0.2, 0.25) is 0 Å². The van der Waals surface area contributed by atoms with Crippen molar-refractivity contribution in [2.45, 2.75) is 6.18 Å². The van der Waals surface area contributed by atoms with Gasteiger partial charge in [-0.15, -0.1) is 12.1 Å². The Morgan fingerprint density at radius 3 is 2.17 bits per heavy atom. The average Bonchev–Trinajstić information content (AvgIpc) is 1.86. The number of rotatable bonds is 0. The van der Waals surface area contributed by atoms with Gasteiger partial charge in [0.05, 0.1) is 0 Å². The van der Waals surface area contributed by atoms with Crippen molar-refractivity contribution in [1.82, 2.24) is 0 Å². The minimum absolute atomic E-state index is 0. The van der Waals surface area contributed by atoms with Crippen molar-refractivity contribution in [3.63, 3.8) is 0 Å². The minimum Gasteiger partial charge on any atom is -0.236 e. The molecule has 1 aromatic carbocycles. The van der Waals surface area contributed by atoms with Crippen molar-refractivity contribution < 1.29 is 34.3 Å². The summed E-state index contributed by atoms with van der Waals surface area (Å²) in [5.74, 6) is -0.906. The molecule has 0 bridgehead atoms. The zero-order valence-electron chi connectivity index (χ0n) is 5.58. The monoisotopic (exact) mass is 222 g/mol. The van der Waals surface area contributed by atoms with Gasteiger partial charge in [0.2, 0.25) is 0 Å². The van der Waals surface area contributed by atoms with Crippen LogP contribution < -0.4 is 0 Å². The molecular formula is C7H3CoF4-. The second kappa shape index (κ2) is 3.91. The fourth-order valence-electron chi connectivity index (χ4n) is 0.602. The Bertz CT molecular complexity index is 256. The normalized spacial score (nSPS) is 10.7. The van der Waals surface area contributed by atoms with E-state index >= 15 is 0 Å². The van der Waals surface area contributed by atoms with E-state index in [1.165, 1.54) is 0 Å². The predicted octanol–water partition coefficient (Wildman–Crippen LogP) is 2.64. The molecule has 0 saturated heterocycles. The van der Waals surface area contributed by atoms with Gasteiger partial charge < -0.3 is 0 Å². The molecule has 0 heterocycles. The van der Waals surface area contributed by atoms with Crippen molar-refractivity contribution in [3.05, 3.63) is 35.6 Å². The maximum atomic E-state index is 12.2. The maximum absolute atomic E-state index is 12.2. The van der Waals surface area contributed by atoms with Gasteiger partial charge in [-0.1, -0.05) is 5.56 Å². The summed E-state index contributed by atoms with van der Waals surface area (Å²) in [5.41, 5.74) is -1.09. The summed E-state index contributed by atoms with van der Waals surface area (Å²) in [6.07, 6.45) is -4.51. The first-order chi connectivity index (χ1) is 5.00. The molecule has 0 fully saturated rings. The molecule has 0 amide bonds. The fraction of sp³-hybridized carbons (Fsp3) is 0.143. The van der Waals surface area contributed by atoms with E-state index in [1.54, 1.807) is 0 Å². The summed E-state index contributed by atoms with van der Waals surface area (Å²) in [6.45, 7) is 0. The Labute approximate surface area is 76.8 Å². The summed E-state index contributed by atoms with van der Waals surface area (Å²) in [6, 6.07) is 4.10. The van der Waals surface area contributed by atoms with Gasteiger partial charge in [-0.2, -0.15) is 25.3 Å². The van der Waals surface area contributed by atoms with Gasteiger partial charge in [0.1, 0.15) is 0 Å². The van der Waals surface area contributed by atoms with Crippen molar-refractivity contribution in [2.24, 2.45) is 0 Å². The van der Waals surface area contributed by atoms with Crippen LogP contribution in [-0.2, 0) is 23.0 Å². The molecule has 0 N–H and O–H groups in total. The summed E-state index contributed by atoms with van der Waals surface area (Å²) in [4.78, 5) is 0. The molecule has 12 heavy (non-hydrogen) atoms. The molecule has 0 atom stereocenters. The van der Waals surface area contributed by atoms with Gasteiger partial charge in [-0.25, -0.2) is 4.39 Å². The maximum Gasteiger partial charge on any atom is 0.394 e. The zero-order valence-corrected chi connectivity index (χ0v) is 6.62. The molecule has 1 rings (SSSR count). The zero-order chi connectivity index (χ0) is 8.48. The molecule has 0 aliphatic carbocycles. The SMILES string of the molecule is Fc1cc[c-]c(C(F)(F)F)c1.[Co]. The number of hydrogen-bond acceptors (Lipinski definition) is 0. The first-order valence-electron chi connectivity index (χ1n) is 2.74. The molecule has 1 radical (unpaired) electrons. The van der Waals surface area contributed by atoms with Crippen LogP contribution in [0.25, 0.3) is 0 Å². The molecule has 5 heteroatoms.